The third-order valence-electron chi connectivity index (χ3n) is 2.36. The summed E-state index contributed by atoms with van der Waals surface area (Å²) in [6.07, 6.45) is 2.97. The molecule has 0 amide bonds. The molecular weight excluding hydrogens is 292 g/mol. The van der Waals surface area contributed by atoms with E-state index < -0.39 is 21.7 Å². The van der Waals surface area contributed by atoms with Crippen LogP contribution < -0.4 is 4.72 Å². The quantitative estimate of drug-likeness (QED) is 0.577. The zero-order valence-electron chi connectivity index (χ0n) is 10.2. The van der Waals surface area contributed by atoms with Gasteiger partial charge in [0.25, 0.3) is 10.0 Å². The predicted octanol–water partition coefficient (Wildman–Crippen LogP) is 0.672. The molecule has 108 valence electrons. The normalized spacial score (nSPS) is 11.6. The van der Waals surface area contributed by atoms with Crippen LogP contribution in [0.2, 0.25) is 0 Å². The topological polar surface area (TPSA) is 117 Å². The molecule has 3 N–H and O–H groups in total. The van der Waals surface area contributed by atoms with E-state index >= 15 is 0 Å². The Morgan fingerprint density at radius 1 is 1.32 bits per heavy atom. The SMILES string of the molecule is O=C(O)c1ncsc1S(=O)(=O)NCCCCCCO. The lowest BCUT2D eigenvalue weighted by molar-refractivity contribution is 0.0687. The molecule has 0 bridgehead atoms. The summed E-state index contributed by atoms with van der Waals surface area (Å²) in [5.41, 5.74) is 0.747. The average molecular weight is 308 g/mol. The summed E-state index contributed by atoms with van der Waals surface area (Å²) in [5.74, 6) is -1.36. The van der Waals surface area contributed by atoms with Crippen LogP contribution in [0.4, 0.5) is 0 Å². The molecule has 1 aromatic rings. The predicted molar refractivity (Wildman–Crippen MR) is 69.8 cm³/mol. The second kappa shape index (κ2) is 7.53. The van der Waals surface area contributed by atoms with Crippen LogP contribution in [-0.2, 0) is 10.0 Å². The summed E-state index contributed by atoms with van der Waals surface area (Å²) < 4.78 is 25.8. The van der Waals surface area contributed by atoms with Crippen molar-refractivity contribution in [3.8, 4) is 0 Å². The number of nitrogens with zero attached hydrogens (tertiary/aromatic N) is 1. The number of aromatic carboxylic acids is 1. The van der Waals surface area contributed by atoms with Gasteiger partial charge in [0.15, 0.2) is 9.90 Å². The minimum atomic E-state index is -3.81. The van der Waals surface area contributed by atoms with Gasteiger partial charge < -0.3 is 10.2 Å². The van der Waals surface area contributed by atoms with Crippen molar-refractivity contribution in [2.75, 3.05) is 13.2 Å². The fourth-order valence-electron chi connectivity index (χ4n) is 1.43. The molecule has 0 spiro atoms. The largest absolute Gasteiger partial charge is 0.476 e. The van der Waals surface area contributed by atoms with Gasteiger partial charge in [0.05, 0.1) is 5.51 Å². The van der Waals surface area contributed by atoms with E-state index in [0.29, 0.717) is 12.8 Å². The van der Waals surface area contributed by atoms with Gasteiger partial charge >= 0.3 is 5.97 Å². The van der Waals surface area contributed by atoms with Crippen LogP contribution in [0.3, 0.4) is 0 Å². The summed E-state index contributed by atoms with van der Waals surface area (Å²) in [4.78, 5) is 14.3. The van der Waals surface area contributed by atoms with Crippen LogP contribution in [0.5, 0.6) is 0 Å². The lowest BCUT2D eigenvalue weighted by Crippen LogP contribution is -2.25. The van der Waals surface area contributed by atoms with E-state index in [9.17, 15) is 13.2 Å². The first kappa shape index (κ1) is 16.0. The number of aliphatic hydroxyl groups excluding tert-OH is 1. The fraction of sp³-hybridized carbons (Fsp3) is 0.600. The molecule has 0 fully saturated rings. The van der Waals surface area contributed by atoms with Gasteiger partial charge in [0.2, 0.25) is 0 Å². The molecule has 0 saturated heterocycles. The Kier molecular flexibility index (Phi) is 6.35. The van der Waals surface area contributed by atoms with Crippen molar-refractivity contribution in [2.24, 2.45) is 0 Å². The fourth-order valence-corrected chi connectivity index (χ4v) is 3.69. The highest BCUT2D eigenvalue weighted by atomic mass is 32.2. The number of unbranched alkanes of at least 4 members (excludes halogenated alkanes) is 3. The van der Waals surface area contributed by atoms with Crippen LogP contribution in [0.25, 0.3) is 0 Å². The Morgan fingerprint density at radius 3 is 2.63 bits per heavy atom. The van der Waals surface area contributed by atoms with Crippen LogP contribution in [-0.4, -0.2) is 42.7 Å². The molecule has 1 heterocycles. The van der Waals surface area contributed by atoms with Gasteiger partial charge in [-0.15, -0.1) is 11.3 Å². The molecule has 9 heteroatoms. The van der Waals surface area contributed by atoms with E-state index in [4.69, 9.17) is 10.2 Å². The third-order valence-corrected chi connectivity index (χ3v) is 5.19. The van der Waals surface area contributed by atoms with Gasteiger partial charge in [0.1, 0.15) is 0 Å². The lowest BCUT2D eigenvalue weighted by Gasteiger charge is -2.05. The number of hydrogen-bond acceptors (Lipinski definition) is 6. The molecule has 0 aliphatic heterocycles. The average Bonchev–Trinajstić information content (AvgIpc) is 2.83. The summed E-state index contributed by atoms with van der Waals surface area (Å²) in [5, 5.41) is 17.4. The Bertz CT molecular complexity index is 512. The number of nitrogens with one attached hydrogen (secondary N) is 1. The number of rotatable bonds is 9. The molecule has 0 unspecified atom stereocenters. The summed E-state index contributed by atoms with van der Waals surface area (Å²) in [6.45, 7) is 0.374. The first-order chi connectivity index (χ1) is 8.99. The van der Waals surface area contributed by atoms with Crippen LogP contribution in [0.1, 0.15) is 36.2 Å². The van der Waals surface area contributed by atoms with E-state index in [0.717, 1.165) is 24.2 Å². The summed E-state index contributed by atoms with van der Waals surface area (Å²) >= 11 is 0.781. The molecule has 0 aliphatic rings. The molecule has 0 aromatic carbocycles. The number of hydrogen-bond donors (Lipinski definition) is 3. The van der Waals surface area contributed by atoms with Gasteiger partial charge in [-0.1, -0.05) is 12.8 Å². The molecule has 0 radical (unpaired) electrons. The summed E-state index contributed by atoms with van der Waals surface area (Å²) in [6, 6.07) is 0. The number of carboxylic acid groups (broad SMARTS) is 1. The van der Waals surface area contributed by atoms with Crippen LogP contribution in [0.15, 0.2) is 9.72 Å². The molecule has 1 rings (SSSR count). The molecule has 1 aromatic heterocycles. The van der Waals surface area contributed by atoms with Crippen molar-refractivity contribution in [2.45, 2.75) is 29.9 Å². The van der Waals surface area contributed by atoms with Gasteiger partial charge in [-0.3, -0.25) is 0 Å². The number of carboxylic acids is 1. The molecule has 0 saturated carbocycles. The Morgan fingerprint density at radius 2 is 2.00 bits per heavy atom. The van der Waals surface area contributed by atoms with Crippen molar-refractivity contribution in [1.29, 1.82) is 0 Å². The number of aromatic nitrogens is 1. The van der Waals surface area contributed by atoms with Gasteiger partial charge in [-0.05, 0) is 12.8 Å². The molecule has 19 heavy (non-hydrogen) atoms. The standard InChI is InChI=1S/C10H16N2O5S2/c13-6-4-2-1-3-5-12-19(16,17)10-8(9(14)15)11-7-18-10/h7,12-13H,1-6H2,(H,14,15). The highest BCUT2D eigenvalue weighted by Crippen LogP contribution is 2.19. The van der Waals surface area contributed by atoms with Crippen molar-refractivity contribution in [1.82, 2.24) is 9.71 Å². The number of aliphatic hydroxyl groups is 1. The van der Waals surface area contributed by atoms with E-state index in [1.54, 1.807) is 0 Å². The second-order valence-electron chi connectivity index (χ2n) is 3.83. The van der Waals surface area contributed by atoms with Gasteiger partial charge in [0, 0.05) is 13.2 Å². The second-order valence-corrected chi connectivity index (χ2v) is 6.65. The minimum absolute atomic E-state index is 0.133. The van der Waals surface area contributed by atoms with Crippen molar-refractivity contribution in [3.05, 3.63) is 11.2 Å². The Labute approximate surface area is 115 Å². The molecule has 7 nitrogen and oxygen atoms in total. The number of thiazole rings is 1. The van der Waals surface area contributed by atoms with Gasteiger partial charge in [-0.2, -0.15) is 0 Å². The number of sulfonamides is 1. The third kappa shape index (κ3) is 4.86. The monoisotopic (exact) mass is 308 g/mol. The minimum Gasteiger partial charge on any atom is -0.476 e. The zero-order valence-corrected chi connectivity index (χ0v) is 11.8. The molecular formula is C10H16N2O5S2. The Hall–Kier alpha value is -1.03. The van der Waals surface area contributed by atoms with Crippen LogP contribution in [0, 0.1) is 0 Å². The van der Waals surface area contributed by atoms with Gasteiger partial charge in [-0.25, -0.2) is 22.9 Å². The maximum Gasteiger partial charge on any atom is 0.356 e. The molecule has 0 aliphatic carbocycles. The van der Waals surface area contributed by atoms with E-state index in [2.05, 4.69) is 9.71 Å². The molecule has 0 atom stereocenters. The zero-order chi connectivity index (χ0) is 14.3. The highest BCUT2D eigenvalue weighted by Gasteiger charge is 2.24. The first-order valence-corrected chi connectivity index (χ1v) is 8.12. The van der Waals surface area contributed by atoms with E-state index in [1.165, 1.54) is 5.51 Å². The van der Waals surface area contributed by atoms with Crippen LogP contribution >= 0.6 is 11.3 Å². The van der Waals surface area contributed by atoms with Crippen molar-refractivity contribution in [3.63, 3.8) is 0 Å². The smallest absolute Gasteiger partial charge is 0.356 e. The first-order valence-electron chi connectivity index (χ1n) is 5.76. The van der Waals surface area contributed by atoms with Crippen molar-refractivity contribution < 1.29 is 23.4 Å². The highest BCUT2D eigenvalue weighted by molar-refractivity contribution is 7.91. The maximum absolute atomic E-state index is 11.9. The maximum atomic E-state index is 11.9. The lowest BCUT2D eigenvalue weighted by atomic mass is 10.2. The Balaban J connectivity index is 2.52. The summed E-state index contributed by atoms with van der Waals surface area (Å²) in [7, 11) is -3.81. The van der Waals surface area contributed by atoms with E-state index in [-0.39, 0.29) is 17.4 Å². The van der Waals surface area contributed by atoms with E-state index in [1.807, 2.05) is 0 Å². The number of carbonyl (C=O) groups is 1. The van der Waals surface area contributed by atoms with Crippen molar-refractivity contribution >= 4 is 27.3 Å².